The number of anilines is 1. The molecule has 1 aromatic carbocycles. The van der Waals surface area contributed by atoms with Crippen molar-refractivity contribution in [2.45, 2.75) is 13.0 Å². The molecule has 3 aromatic rings. The average molecular weight is 283 g/mol. The number of fused-ring (bicyclic) bond motifs is 1. The molecule has 108 valence electrons. The van der Waals surface area contributed by atoms with Crippen molar-refractivity contribution in [1.29, 1.82) is 0 Å². The van der Waals surface area contributed by atoms with Gasteiger partial charge in [0, 0.05) is 13.2 Å². The lowest BCUT2D eigenvalue weighted by Crippen LogP contribution is -2.21. The van der Waals surface area contributed by atoms with Crippen molar-refractivity contribution in [1.82, 2.24) is 19.7 Å². The van der Waals surface area contributed by atoms with Gasteiger partial charge in [-0.1, -0.05) is 18.2 Å². The van der Waals surface area contributed by atoms with Crippen molar-refractivity contribution in [2.24, 2.45) is 0 Å². The second-order valence-corrected chi connectivity index (χ2v) is 4.85. The summed E-state index contributed by atoms with van der Waals surface area (Å²) in [5.74, 6) is 0.770. The van der Waals surface area contributed by atoms with Crippen molar-refractivity contribution in [3.05, 3.63) is 42.9 Å². The maximum atomic E-state index is 5.14. The number of rotatable bonds is 5. The number of methoxy groups -OCH3 is 1. The van der Waals surface area contributed by atoms with E-state index < -0.39 is 0 Å². The lowest BCUT2D eigenvalue weighted by molar-refractivity contribution is 0.190. The largest absolute Gasteiger partial charge is 0.383 e. The third kappa shape index (κ3) is 2.71. The molecule has 0 amide bonds. The van der Waals surface area contributed by atoms with E-state index in [1.54, 1.807) is 19.6 Å². The Bertz CT molecular complexity index is 725. The van der Waals surface area contributed by atoms with Crippen LogP contribution in [0.2, 0.25) is 0 Å². The first-order chi connectivity index (χ1) is 10.3. The molecule has 0 radical (unpaired) electrons. The van der Waals surface area contributed by atoms with Crippen molar-refractivity contribution in [2.75, 3.05) is 19.0 Å². The van der Waals surface area contributed by atoms with Gasteiger partial charge >= 0.3 is 0 Å². The van der Waals surface area contributed by atoms with Crippen LogP contribution in [0.5, 0.6) is 0 Å². The molecule has 0 aliphatic carbocycles. The fraction of sp³-hybridized carbons (Fsp3) is 0.267. The van der Waals surface area contributed by atoms with Crippen LogP contribution in [-0.2, 0) is 4.74 Å². The van der Waals surface area contributed by atoms with Crippen LogP contribution < -0.4 is 5.32 Å². The smallest absolute Gasteiger partial charge is 0.168 e. The number of nitrogens with one attached hydrogen (secondary N) is 1. The normalized spacial score (nSPS) is 12.5. The van der Waals surface area contributed by atoms with Crippen LogP contribution in [0.1, 0.15) is 6.92 Å². The number of hydrogen-bond donors (Lipinski definition) is 1. The van der Waals surface area contributed by atoms with Crippen LogP contribution in [0.25, 0.3) is 16.7 Å². The van der Waals surface area contributed by atoms with Gasteiger partial charge in [-0.05, 0) is 19.1 Å². The molecule has 3 rings (SSSR count). The molecule has 0 saturated carbocycles. The molecule has 6 heteroatoms. The van der Waals surface area contributed by atoms with Gasteiger partial charge in [-0.2, -0.15) is 5.10 Å². The van der Waals surface area contributed by atoms with Crippen LogP contribution >= 0.6 is 0 Å². The summed E-state index contributed by atoms with van der Waals surface area (Å²) in [4.78, 5) is 8.65. The van der Waals surface area contributed by atoms with Gasteiger partial charge in [-0.25, -0.2) is 14.6 Å². The van der Waals surface area contributed by atoms with Gasteiger partial charge in [0.1, 0.15) is 12.1 Å². The summed E-state index contributed by atoms with van der Waals surface area (Å²) in [5.41, 5.74) is 1.76. The topological polar surface area (TPSA) is 64.9 Å². The van der Waals surface area contributed by atoms with E-state index in [0.29, 0.717) is 6.61 Å². The van der Waals surface area contributed by atoms with Crippen LogP contribution in [0.4, 0.5) is 5.82 Å². The molecule has 0 saturated heterocycles. The maximum absolute atomic E-state index is 5.14. The molecule has 0 spiro atoms. The van der Waals surface area contributed by atoms with Crippen molar-refractivity contribution < 1.29 is 4.74 Å². The van der Waals surface area contributed by atoms with Crippen LogP contribution in [0, 0.1) is 0 Å². The Kier molecular flexibility index (Phi) is 3.79. The minimum atomic E-state index is 0.160. The molecule has 2 aromatic heterocycles. The molecule has 1 atom stereocenters. The van der Waals surface area contributed by atoms with Crippen molar-refractivity contribution in [3.63, 3.8) is 0 Å². The zero-order valence-corrected chi connectivity index (χ0v) is 12.0. The van der Waals surface area contributed by atoms with Crippen LogP contribution in [0.3, 0.4) is 0 Å². The highest BCUT2D eigenvalue weighted by atomic mass is 16.5. The minimum absolute atomic E-state index is 0.160. The SMILES string of the molecule is COCC(C)Nc1ncnc2c1cnn2-c1ccccc1. The van der Waals surface area contributed by atoms with E-state index in [0.717, 1.165) is 22.5 Å². The highest BCUT2D eigenvalue weighted by molar-refractivity contribution is 5.87. The molecule has 0 aliphatic heterocycles. The van der Waals surface area contributed by atoms with Gasteiger partial charge in [-0.15, -0.1) is 0 Å². The molecule has 2 heterocycles. The number of benzene rings is 1. The minimum Gasteiger partial charge on any atom is -0.383 e. The van der Waals surface area contributed by atoms with E-state index in [1.807, 2.05) is 41.9 Å². The molecule has 1 unspecified atom stereocenters. The fourth-order valence-corrected chi connectivity index (χ4v) is 2.24. The van der Waals surface area contributed by atoms with E-state index in [2.05, 4.69) is 20.4 Å². The van der Waals surface area contributed by atoms with Gasteiger partial charge in [0.25, 0.3) is 0 Å². The highest BCUT2D eigenvalue weighted by Crippen LogP contribution is 2.21. The maximum Gasteiger partial charge on any atom is 0.168 e. The van der Waals surface area contributed by atoms with E-state index in [-0.39, 0.29) is 6.04 Å². The summed E-state index contributed by atoms with van der Waals surface area (Å²) < 4.78 is 6.94. The molecule has 1 N–H and O–H groups in total. The van der Waals surface area contributed by atoms with E-state index in [9.17, 15) is 0 Å². The monoisotopic (exact) mass is 283 g/mol. The second kappa shape index (κ2) is 5.88. The number of hydrogen-bond acceptors (Lipinski definition) is 5. The molecule has 0 aliphatic rings. The Morgan fingerprint density at radius 1 is 1.24 bits per heavy atom. The summed E-state index contributed by atoms with van der Waals surface area (Å²) in [6.45, 7) is 2.65. The van der Waals surface area contributed by atoms with E-state index in [4.69, 9.17) is 4.74 Å². The zero-order valence-electron chi connectivity index (χ0n) is 12.0. The first kappa shape index (κ1) is 13.5. The van der Waals surface area contributed by atoms with Gasteiger partial charge in [0.2, 0.25) is 0 Å². The van der Waals surface area contributed by atoms with Crippen molar-refractivity contribution in [3.8, 4) is 5.69 Å². The van der Waals surface area contributed by atoms with Gasteiger partial charge in [0.05, 0.1) is 23.9 Å². The highest BCUT2D eigenvalue weighted by Gasteiger charge is 2.12. The van der Waals surface area contributed by atoms with Crippen LogP contribution in [-0.4, -0.2) is 39.5 Å². The zero-order chi connectivity index (χ0) is 14.7. The summed E-state index contributed by atoms with van der Waals surface area (Å²) in [7, 11) is 1.68. The molecule has 0 bridgehead atoms. The Morgan fingerprint density at radius 3 is 2.81 bits per heavy atom. The third-order valence-corrected chi connectivity index (χ3v) is 3.17. The summed E-state index contributed by atoms with van der Waals surface area (Å²) >= 11 is 0. The lowest BCUT2D eigenvalue weighted by atomic mass is 10.3. The number of para-hydroxylation sites is 1. The molecule has 6 nitrogen and oxygen atoms in total. The fourth-order valence-electron chi connectivity index (χ4n) is 2.24. The molecule has 21 heavy (non-hydrogen) atoms. The van der Waals surface area contributed by atoms with Crippen molar-refractivity contribution >= 4 is 16.9 Å². The third-order valence-electron chi connectivity index (χ3n) is 3.17. The van der Waals surface area contributed by atoms with Gasteiger partial charge < -0.3 is 10.1 Å². The predicted molar refractivity (Wildman–Crippen MR) is 81.6 cm³/mol. The lowest BCUT2D eigenvalue weighted by Gasteiger charge is -2.13. The number of ether oxygens (including phenoxy) is 1. The second-order valence-electron chi connectivity index (χ2n) is 4.85. The van der Waals surface area contributed by atoms with Gasteiger partial charge in [0.15, 0.2) is 5.65 Å². The van der Waals surface area contributed by atoms with E-state index in [1.165, 1.54) is 0 Å². The first-order valence-corrected chi connectivity index (χ1v) is 6.79. The Labute approximate surface area is 122 Å². The molecule has 0 fully saturated rings. The Hall–Kier alpha value is -2.47. The number of nitrogens with zero attached hydrogens (tertiary/aromatic N) is 4. The number of aromatic nitrogens is 4. The van der Waals surface area contributed by atoms with Gasteiger partial charge in [-0.3, -0.25) is 0 Å². The Morgan fingerprint density at radius 2 is 2.05 bits per heavy atom. The predicted octanol–water partition coefficient (Wildman–Crippen LogP) is 2.26. The average Bonchev–Trinajstić information content (AvgIpc) is 2.93. The van der Waals surface area contributed by atoms with Crippen LogP contribution in [0.15, 0.2) is 42.9 Å². The quantitative estimate of drug-likeness (QED) is 0.778. The molecular formula is C15H17N5O. The summed E-state index contributed by atoms with van der Waals surface area (Å²) in [6.07, 6.45) is 3.33. The Balaban J connectivity index is 2.00. The molecular weight excluding hydrogens is 266 g/mol. The van der Waals surface area contributed by atoms with E-state index >= 15 is 0 Å². The first-order valence-electron chi connectivity index (χ1n) is 6.79. The standard InChI is InChI=1S/C15H17N5O/c1-11(9-21-2)19-14-13-8-18-20(15(13)17-10-16-14)12-6-4-3-5-7-12/h3-8,10-11H,9H2,1-2H3,(H,16,17,19). The summed E-state index contributed by atoms with van der Waals surface area (Å²) in [5, 5.41) is 8.64. The summed E-state index contributed by atoms with van der Waals surface area (Å²) in [6, 6.07) is 10.1.